The average Bonchev–Trinajstić information content (AvgIpc) is 2.56. The van der Waals surface area contributed by atoms with E-state index in [9.17, 15) is 0 Å². The van der Waals surface area contributed by atoms with E-state index in [0.29, 0.717) is 12.3 Å². The van der Waals surface area contributed by atoms with Crippen molar-refractivity contribution < 1.29 is 9.47 Å². The number of rotatable bonds is 4. The maximum absolute atomic E-state index is 5.40. The summed E-state index contributed by atoms with van der Waals surface area (Å²) >= 11 is 3.53. The third-order valence-electron chi connectivity index (χ3n) is 4.24. The molecule has 1 aromatic carbocycles. The Balaban J connectivity index is 0.00000288. The molecule has 136 valence electrons. The van der Waals surface area contributed by atoms with Crippen LogP contribution in [0.5, 0.6) is 11.5 Å². The highest BCUT2D eigenvalue weighted by atomic mass is 127. The second kappa shape index (κ2) is 10.3. The molecule has 1 fully saturated rings. The van der Waals surface area contributed by atoms with Gasteiger partial charge in [0.05, 0.1) is 18.7 Å². The highest BCUT2D eigenvalue weighted by molar-refractivity contribution is 14.0. The molecule has 2 rings (SSSR count). The molecule has 7 heteroatoms. The van der Waals surface area contributed by atoms with Crippen molar-refractivity contribution in [2.75, 3.05) is 34.4 Å². The van der Waals surface area contributed by atoms with E-state index in [1.165, 1.54) is 12.8 Å². The van der Waals surface area contributed by atoms with E-state index in [1.54, 1.807) is 14.2 Å². The number of nitrogens with one attached hydrogen (secondary N) is 1. The lowest BCUT2D eigenvalue weighted by Gasteiger charge is -2.33. The van der Waals surface area contributed by atoms with Gasteiger partial charge in [-0.25, -0.2) is 0 Å². The minimum absolute atomic E-state index is 0. The number of methoxy groups -OCH3 is 2. The normalized spacial score (nSPS) is 15.7. The minimum Gasteiger partial charge on any atom is -0.493 e. The van der Waals surface area contributed by atoms with Crippen molar-refractivity contribution in [2.45, 2.75) is 26.3 Å². The molecule has 1 aliphatic heterocycles. The van der Waals surface area contributed by atoms with Gasteiger partial charge >= 0.3 is 0 Å². The minimum atomic E-state index is 0. The van der Waals surface area contributed by atoms with Crippen molar-refractivity contribution in [3.05, 3.63) is 22.2 Å². The van der Waals surface area contributed by atoms with Crippen LogP contribution in [0.4, 0.5) is 0 Å². The molecule has 0 atom stereocenters. The zero-order valence-electron chi connectivity index (χ0n) is 14.8. The number of likely N-dealkylation sites (tertiary alicyclic amines) is 1. The summed E-state index contributed by atoms with van der Waals surface area (Å²) in [7, 11) is 5.12. The fourth-order valence-electron chi connectivity index (χ4n) is 2.81. The molecule has 0 saturated carbocycles. The fraction of sp³-hybridized carbons (Fsp3) is 0.588. The summed E-state index contributed by atoms with van der Waals surface area (Å²) in [5, 5.41) is 3.44. The van der Waals surface area contributed by atoms with Gasteiger partial charge in [0.25, 0.3) is 0 Å². The van der Waals surface area contributed by atoms with Crippen LogP contribution in [0.3, 0.4) is 0 Å². The first-order valence-electron chi connectivity index (χ1n) is 7.95. The van der Waals surface area contributed by atoms with Gasteiger partial charge in [0.2, 0.25) is 0 Å². The standard InChI is InChI=1S/C17H26BrN3O2.HI/c1-12-5-7-21(8-6-12)17(19-2)20-11-13-9-14(18)16(23-4)15(10-13)22-3;/h9-10,12H,5-8,11H2,1-4H3,(H,19,20);1H. The third kappa shape index (κ3) is 5.40. The van der Waals surface area contributed by atoms with Crippen LogP contribution in [0.2, 0.25) is 0 Å². The van der Waals surface area contributed by atoms with Gasteiger partial charge in [-0.15, -0.1) is 24.0 Å². The van der Waals surface area contributed by atoms with E-state index >= 15 is 0 Å². The topological polar surface area (TPSA) is 46.1 Å². The van der Waals surface area contributed by atoms with Crippen LogP contribution in [0.15, 0.2) is 21.6 Å². The molecule has 0 amide bonds. The van der Waals surface area contributed by atoms with Gasteiger partial charge in [0.15, 0.2) is 17.5 Å². The van der Waals surface area contributed by atoms with Gasteiger partial charge in [-0.1, -0.05) is 6.92 Å². The van der Waals surface area contributed by atoms with Crippen LogP contribution in [-0.4, -0.2) is 45.2 Å². The molecule has 0 unspecified atom stereocenters. The van der Waals surface area contributed by atoms with E-state index in [-0.39, 0.29) is 24.0 Å². The highest BCUT2D eigenvalue weighted by Crippen LogP contribution is 2.36. The Labute approximate surface area is 170 Å². The first-order chi connectivity index (χ1) is 11.1. The summed E-state index contributed by atoms with van der Waals surface area (Å²) in [4.78, 5) is 6.74. The molecule has 5 nitrogen and oxygen atoms in total. The van der Waals surface area contributed by atoms with E-state index in [4.69, 9.17) is 9.47 Å². The van der Waals surface area contributed by atoms with Crippen LogP contribution >= 0.6 is 39.9 Å². The molecule has 1 saturated heterocycles. The van der Waals surface area contributed by atoms with Crippen LogP contribution in [0, 0.1) is 5.92 Å². The molecule has 1 aromatic rings. The largest absolute Gasteiger partial charge is 0.493 e. The molecule has 1 aliphatic rings. The van der Waals surface area contributed by atoms with Gasteiger partial charge in [0.1, 0.15) is 0 Å². The van der Waals surface area contributed by atoms with E-state index in [0.717, 1.165) is 40.8 Å². The van der Waals surface area contributed by atoms with Crippen LogP contribution in [0.1, 0.15) is 25.3 Å². The van der Waals surface area contributed by atoms with Gasteiger partial charge in [-0.3, -0.25) is 4.99 Å². The maximum atomic E-state index is 5.40. The lowest BCUT2D eigenvalue weighted by molar-refractivity contribution is 0.273. The molecule has 24 heavy (non-hydrogen) atoms. The SMILES string of the molecule is CN=C(NCc1cc(Br)c(OC)c(OC)c1)N1CCC(C)CC1.I. The van der Waals surface area contributed by atoms with E-state index in [2.05, 4.69) is 38.1 Å². The molecule has 0 spiro atoms. The Hall–Kier alpha value is -0.700. The maximum Gasteiger partial charge on any atom is 0.193 e. The molecule has 0 radical (unpaired) electrons. The smallest absolute Gasteiger partial charge is 0.193 e. The Morgan fingerprint density at radius 3 is 2.50 bits per heavy atom. The van der Waals surface area contributed by atoms with E-state index < -0.39 is 0 Å². The highest BCUT2D eigenvalue weighted by Gasteiger charge is 2.18. The second-order valence-electron chi connectivity index (χ2n) is 5.88. The molecule has 0 aliphatic carbocycles. The number of hydrogen-bond donors (Lipinski definition) is 1. The molecule has 1 heterocycles. The number of piperidine rings is 1. The van der Waals surface area contributed by atoms with Gasteiger partial charge in [-0.2, -0.15) is 0 Å². The predicted octanol–water partition coefficient (Wildman–Crippen LogP) is 3.89. The first-order valence-corrected chi connectivity index (χ1v) is 8.74. The average molecular weight is 512 g/mol. The molecule has 1 N–H and O–H groups in total. The number of halogens is 2. The van der Waals surface area contributed by atoms with Crippen LogP contribution in [-0.2, 0) is 6.54 Å². The third-order valence-corrected chi connectivity index (χ3v) is 4.83. The Morgan fingerprint density at radius 2 is 1.96 bits per heavy atom. The summed E-state index contributed by atoms with van der Waals surface area (Å²) in [5.41, 5.74) is 1.11. The van der Waals surface area contributed by atoms with Crippen molar-refractivity contribution in [1.29, 1.82) is 0 Å². The molecular weight excluding hydrogens is 485 g/mol. The summed E-state index contributed by atoms with van der Waals surface area (Å²) in [6.07, 6.45) is 2.45. The molecule has 0 bridgehead atoms. The number of ether oxygens (including phenoxy) is 2. The van der Waals surface area contributed by atoms with Crippen molar-refractivity contribution in [3.8, 4) is 11.5 Å². The lowest BCUT2D eigenvalue weighted by atomic mass is 9.99. The van der Waals surface area contributed by atoms with Crippen molar-refractivity contribution in [2.24, 2.45) is 10.9 Å². The molecule has 0 aromatic heterocycles. The summed E-state index contributed by atoms with van der Waals surface area (Å²) < 4.78 is 11.6. The summed E-state index contributed by atoms with van der Waals surface area (Å²) in [5.74, 6) is 3.21. The fourth-order valence-corrected chi connectivity index (χ4v) is 3.46. The Kier molecular flexibility index (Phi) is 9.18. The molecular formula is C17H27BrIN3O2. The van der Waals surface area contributed by atoms with Crippen LogP contribution in [0.25, 0.3) is 0 Å². The predicted molar refractivity (Wildman–Crippen MR) is 113 cm³/mol. The zero-order chi connectivity index (χ0) is 16.8. The summed E-state index contributed by atoms with van der Waals surface area (Å²) in [6, 6.07) is 4.03. The van der Waals surface area contributed by atoms with Gasteiger partial charge in [0, 0.05) is 26.7 Å². The van der Waals surface area contributed by atoms with E-state index in [1.807, 2.05) is 19.2 Å². The number of benzene rings is 1. The summed E-state index contributed by atoms with van der Waals surface area (Å²) in [6.45, 7) is 5.14. The van der Waals surface area contributed by atoms with Crippen LogP contribution < -0.4 is 14.8 Å². The lowest BCUT2D eigenvalue weighted by Crippen LogP contribution is -2.45. The zero-order valence-corrected chi connectivity index (χ0v) is 18.7. The number of guanidine groups is 1. The number of nitrogens with zero attached hydrogens (tertiary/aromatic N) is 2. The van der Waals surface area contributed by atoms with Gasteiger partial charge < -0.3 is 19.7 Å². The van der Waals surface area contributed by atoms with Crippen molar-refractivity contribution >= 4 is 45.9 Å². The number of aliphatic imine (C=N–C) groups is 1. The quantitative estimate of drug-likeness (QED) is 0.378. The van der Waals surface area contributed by atoms with Crippen molar-refractivity contribution in [1.82, 2.24) is 10.2 Å². The number of hydrogen-bond acceptors (Lipinski definition) is 3. The van der Waals surface area contributed by atoms with Gasteiger partial charge in [-0.05, 0) is 52.4 Å². The monoisotopic (exact) mass is 511 g/mol. The Morgan fingerprint density at radius 1 is 1.29 bits per heavy atom. The first kappa shape index (κ1) is 21.3. The van der Waals surface area contributed by atoms with Crippen molar-refractivity contribution in [3.63, 3.8) is 0 Å². The second-order valence-corrected chi connectivity index (χ2v) is 6.74. The Bertz CT molecular complexity index is 561.